The molecule has 5 heterocycles. The molecular weight excluding hydrogens is 490 g/mol. The highest BCUT2D eigenvalue weighted by atomic mass is 16.5. The van der Waals surface area contributed by atoms with Gasteiger partial charge < -0.3 is 14.8 Å². The van der Waals surface area contributed by atoms with E-state index in [4.69, 9.17) is 4.74 Å². The fourth-order valence-electron chi connectivity index (χ4n) is 5.16. The lowest BCUT2D eigenvalue weighted by atomic mass is 9.96. The van der Waals surface area contributed by atoms with Crippen molar-refractivity contribution < 1.29 is 14.6 Å². The van der Waals surface area contributed by atoms with E-state index in [0.717, 1.165) is 57.4 Å². The Morgan fingerprint density at radius 1 is 0.974 bits per heavy atom. The maximum atomic E-state index is 13.1. The van der Waals surface area contributed by atoms with Crippen molar-refractivity contribution in [3.63, 3.8) is 0 Å². The number of ether oxygens (including phenoxy) is 1. The largest absolute Gasteiger partial charge is 0.392 e. The lowest BCUT2D eigenvalue weighted by molar-refractivity contribution is 0.00843. The van der Waals surface area contributed by atoms with Crippen molar-refractivity contribution in [3.8, 4) is 22.4 Å². The lowest BCUT2D eigenvalue weighted by Gasteiger charge is -2.26. The van der Waals surface area contributed by atoms with Gasteiger partial charge >= 0.3 is 6.03 Å². The predicted octanol–water partition coefficient (Wildman–Crippen LogP) is 5.93. The van der Waals surface area contributed by atoms with Crippen LogP contribution in [-0.4, -0.2) is 43.9 Å². The highest BCUT2D eigenvalue weighted by molar-refractivity contribution is 5.99. The first-order valence-corrected chi connectivity index (χ1v) is 12.8. The Balaban J connectivity index is 1.23. The number of H-pyrrole nitrogens is 1. The Morgan fingerprint density at radius 3 is 2.38 bits per heavy atom. The summed E-state index contributed by atoms with van der Waals surface area (Å²) in [5, 5.41) is 16.1. The van der Waals surface area contributed by atoms with E-state index in [-0.39, 0.29) is 12.6 Å². The Bertz CT molecular complexity index is 1800. The Kier molecular flexibility index (Phi) is 5.69. The molecular formula is C31H25N5O3. The van der Waals surface area contributed by atoms with E-state index >= 15 is 0 Å². The molecule has 7 rings (SSSR count). The van der Waals surface area contributed by atoms with Gasteiger partial charge in [-0.2, -0.15) is 0 Å². The Morgan fingerprint density at radius 2 is 1.69 bits per heavy atom. The molecule has 0 radical (unpaired) electrons. The SMILES string of the molecule is O=C(Nc1nccc(-c2ccnc3[nH]c(-c4ccc(C5COC5)cc4)cc23)c1CO)n1cc2ccccc2c1. The number of hydrogen-bond donors (Lipinski definition) is 3. The molecule has 4 aromatic heterocycles. The molecule has 0 bridgehead atoms. The molecule has 6 aromatic rings. The smallest absolute Gasteiger partial charge is 0.331 e. The third-order valence-electron chi connectivity index (χ3n) is 7.38. The summed E-state index contributed by atoms with van der Waals surface area (Å²) in [7, 11) is 0. The number of aromatic amines is 1. The van der Waals surface area contributed by atoms with Crippen LogP contribution < -0.4 is 5.32 Å². The van der Waals surface area contributed by atoms with E-state index in [1.54, 1.807) is 24.8 Å². The number of aromatic nitrogens is 4. The molecule has 1 amide bonds. The summed E-state index contributed by atoms with van der Waals surface area (Å²) < 4.78 is 6.81. The highest BCUT2D eigenvalue weighted by Crippen LogP contribution is 2.35. The number of fused-ring (bicyclic) bond motifs is 2. The maximum Gasteiger partial charge on any atom is 0.331 e. The molecule has 3 N–H and O–H groups in total. The molecule has 0 aliphatic carbocycles. The number of benzene rings is 2. The summed E-state index contributed by atoms with van der Waals surface area (Å²) in [5.41, 5.74) is 6.24. The fourth-order valence-corrected chi connectivity index (χ4v) is 5.16. The molecule has 2 aromatic carbocycles. The zero-order chi connectivity index (χ0) is 26.3. The third-order valence-corrected chi connectivity index (χ3v) is 7.38. The second-order valence-corrected chi connectivity index (χ2v) is 9.73. The van der Waals surface area contributed by atoms with E-state index in [2.05, 4.69) is 50.6 Å². The van der Waals surface area contributed by atoms with Gasteiger partial charge in [-0.25, -0.2) is 14.8 Å². The summed E-state index contributed by atoms with van der Waals surface area (Å²) in [4.78, 5) is 25.4. The zero-order valence-corrected chi connectivity index (χ0v) is 21.0. The molecule has 8 heteroatoms. The fraction of sp³-hybridized carbons (Fsp3) is 0.129. The van der Waals surface area contributed by atoms with Crippen molar-refractivity contribution >= 4 is 33.7 Å². The number of hydrogen-bond acceptors (Lipinski definition) is 5. The third kappa shape index (κ3) is 4.16. The number of aliphatic hydroxyl groups is 1. The first-order valence-electron chi connectivity index (χ1n) is 12.8. The molecule has 1 aliphatic heterocycles. The van der Waals surface area contributed by atoms with Gasteiger partial charge in [0.15, 0.2) is 0 Å². The molecule has 8 nitrogen and oxygen atoms in total. The van der Waals surface area contributed by atoms with Crippen molar-refractivity contribution in [2.45, 2.75) is 12.5 Å². The Hall–Kier alpha value is -4.79. The second-order valence-electron chi connectivity index (χ2n) is 9.73. The number of anilines is 1. The van der Waals surface area contributed by atoms with E-state index in [1.165, 1.54) is 10.1 Å². The van der Waals surface area contributed by atoms with Gasteiger partial charge in [0.05, 0.1) is 19.8 Å². The van der Waals surface area contributed by atoms with E-state index in [1.807, 2.05) is 36.4 Å². The average molecular weight is 516 g/mol. The zero-order valence-electron chi connectivity index (χ0n) is 21.0. The predicted molar refractivity (Wildman–Crippen MR) is 151 cm³/mol. The van der Waals surface area contributed by atoms with Crippen molar-refractivity contribution in [2.24, 2.45) is 0 Å². The summed E-state index contributed by atoms with van der Waals surface area (Å²) in [6.07, 6.45) is 6.92. The quantitative estimate of drug-likeness (QED) is 0.264. The van der Waals surface area contributed by atoms with Crippen molar-refractivity contribution in [3.05, 3.63) is 103 Å². The van der Waals surface area contributed by atoms with E-state index in [0.29, 0.717) is 17.3 Å². The number of amides is 1. The monoisotopic (exact) mass is 515 g/mol. The number of aliphatic hydroxyl groups excluding tert-OH is 1. The first kappa shape index (κ1) is 23.3. The van der Waals surface area contributed by atoms with Crippen LogP contribution in [0.4, 0.5) is 10.6 Å². The van der Waals surface area contributed by atoms with Crippen LogP contribution in [0.5, 0.6) is 0 Å². The van der Waals surface area contributed by atoms with Crippen LogP contribution in [0.2, 0.25) is 0 Å². The number of rotatable bonds is 5. The molecule has 0 atom stereocenters. The van der Waals surface area contributed by atoms with Crippen LogP contribution in [0.3, 0.4) is 0 Å². The van der Waals surface area contributed by atoms with E-state index in [9.17, 15) is 9.90 Å². The van der Waals surface area contributed by atoms with Crippen LogP contribution in [0.25, 0.3) is 44.2 Å². The van der Waals surface area contributed by atoms with E-state index < -0.39 is 0 Å². The summed E-state index contributed by atoms with van der Waals surface area (Å²) in [6.45, 7) is 1.27. The minimum atomic E-state index is -0.355. The molecule has 0 unspecified atom stereocenters. The van der Waals surface area contributed by atoms with Crippen LogP contribution in [-0.2, 0) is 11.3 Å². The molecule has 39 heavy (non-hydrogen) atoms. The van der Waals surface area contributed by atoms with Gasteiger partial charge in [0.1, 0.15) is 11.5 Å². The van der Waals surface area contributed by atoms with Gasteiger partial charge in [0, 0.05) is 47.3 Å². The molecule has 1 fully saturated rings. The molecule has 1 aliphatic rings. The lowest BCUT2D eigenvalue weighted by Crippen LogP contribution is -2.24. The minimum absolute atomic E-state index is 0.292. The maximum absolute atomic E-state index is 13.1. The number of pyridine rings is 2. The summed E-state index contributed by atoms with van der Waals surface area (Å²) >= 11 is 0. The van der Waals surface area contributed by atoms with Gasteiger partial charge in [-0.3, -0.25) is 9.88 Å². The highest BCUT2D eigenvalue weighted by Gasteiger charge is 2.21. The topological polar surface area (TPSA) is 105 Å². The van der Waals surface area contributed by atoms with Gasteiger partial charge in [-0.15, -0.1) is 0 Å². The van der Waals surface area contributed by atoms with Crippen molar-refractivity contribution in [2.75, 3.05) is 18.5 Å². The molecule has 0 spiro atoms. The average Bonchev–Trinajstić information content (AvgIpc) is 3.57. The second kappa shape index (κ2) is 9.50. The summed E-state index contributed by atoms with van der Waals surface area (Å²) in [5.74, 6) is 0.791. The van der Waals surface area contributed by atoms with Crippen molar-refractivity contribution in [1.29, 1.82) is 0 Å². The number of nitrogens with zero attached hydrogens (tertiary/aromatic N) is 3. The number of carbonyl (C=O) groups is 1. The van der Waals surface area contributed by atoms with Gasteiger partial charge in [0.2, 0.25) is 0 Å². The molecule has 192 valence electrons. The Labute approximate surface area is 223 Å². The molecule has 1 saturated heterocycles. The normalized spacial score (nSPS) is 13.6. The van der Waals surface area contributed by atoms with Crippen molar-refractivity contribution in [1.82, 2.24) is 19.5 Å². The summed E-state index contributed by atoms with van der Waals surface area (Å²) in [6, 6.07) is 21.8. The van der Waals surface area contributed by atoms with Crippen LogP contribution in [0, 0.1) is 0 Å². The number of carbonyl (C=O) groups excluding carboxylic acids is 1. The molecule has 0 saturated carbocycles. The van der Waals surface area contributed by atoms with Gasteiger partial charge in [0.25, 0.3) is 0 Å². The minimum Gasteiger partial charge on any atom is -0.392 e. The number of nitrogens with one attached hydrogen (secondary N) is 2. The standard InChI is InChI=1S/C31H25N5O3/c37-16-27-25(10-12-33-30(27)35-31(38)36-14-21-3-1-2-4-22(21)15-36)24-9-11-32-29-26(24)13-28(34-29)20-7-5-19(6-8-20)23-17-39-18-23/h1-15,23,37H,16-18H2,(H,32,34)(H,33,35,38). The van der Waals surface area contributed by atoms with Crippen LogP contribution in [0.15, 0.2) is 91.5 Å². The first-order chi connectivity index (χ1) is 19.2. The van der Waals surface area contributed by atoms with Gasteiger partial charge in [-0.05, 0) is 51.2 Å². The van der Waals surface area contributed by atoms with Crippen LogP contribution >= 0.6 is 0 Å². The van der Waals surface area contributed by atoms with Gasteiger partial charge in [-0.1, -0.05) is 48.5 Å². The van der Waals surface area contributed by atoms with Crippen LogP contribution in [0.1, 0.15) is 17.0 Å².